The van der Waals surface area contributed by atoms with E-state index in [2.05, 4.69) is 26.0 Å². The van der Waals surface area contributed by atoms with Gasteiger partial charge in [-0.1, -0.05) is 154 Å². The molecule has 54 heavy (non-hydrogen) atoms. The van der Waals surface area contributed by atoms with Crippen molar-refractivity contribution in [3.63, 3.8) is 0 Å². The number of hydrogen-bond acceptors (Lipinski definition) is 7. The Balaban J connectivity index is 2.35. The number of quaternary nitrogens is 1. The fourth-order valence-electron chi connectivity index (χ4n) is 6.73. The van der Waals surface area contributed by atoms with Gasteiger partial charge in [0.1, 0.15) is 18.8 Å². The molecule has 0 aromatic carbocycles. The van der Waals surface area contributed by atoms with Crippen molar-refractivity contribution < 1.29 is 42.1 Å². The lowest BCUT2D eigenvalue weighted by molar-refractivity contribution is -0.870. The first-order valence-electron chi connectivity index (χ1n) is 22.4. The van der Waals surface area contributed by atoms with Crippen molar-refractivity contribution in [3.05, 3.63) is 12.2 Å². The van der Waals surface area contributed by atoms with Gasteiger partial charge in [0.15, 0.2) is 0 Å². The molecular weight excluding hydrogens is 701 g/mol. The molecule has 1 rings (SSSR count). The number of hydrogen-bond donors (Lipinski definition) is 1. The summed E-state index contributed by atoms with van der Waals surface area (Å²) in [6.07, 6.45) is 37.3. The van der Waals surface area contributed by atoms with Crippen molar-refractivity contribution >= 4 is 19.8 Å². The maximum atomic E-state index is 12.9. The smallest absolute Gasteiger partial charge is 0.465 e. The first kappa shape index (κ1) is 50.8. The van der Waals surface area contributed by atoms with E-state index in [1.54, 1.807) is 0 Å². The summed E-state index contributed by atoms with van der Waals surface area (Å²) < 4.78 is 35.2. The van der Waals surface area contributed by atoms with E-state index >= 15 is 0 Å². The molecule has 3 atom stereocenters. The van der Waals surface area contributed by atoms with Crippen LogP contribution >= 0.6 is 7.82 Å². The molecule has 9 nitrogen and oxygen atoms in total. The first-order chi connectivity index (χ1) is 25.9. The summed E-state index contributed by atoms with van der Waals surface area (Å²) >= 11 is 0. The van der Waals surface area contributed by atoms with Crippen LogP contribution in [0.25, 0.3) is 0 Å². The Morgan fingerprint density at radius 2 is 1.07 bits per heavy atom. The summed E-state index contributed by atoms with van der Waals surface area (Å²) in [5.74, 6) is -0.885. The molecule has 10 heteroatoms. The molecule has 1 aliphatic carbocycles. The number of ether oxygens (including phenoxy) is 2. The number of carbonyl (C=O) groups excluding carboxylic acids is 2. The minimum atomic E-state index is -4.35. The highest BCUT2D eigenvalue weighted by molar-refractivity contribution is 7.47. The average Bonchev–Trinajstić information content (AvgIpc) is 3.81. The number of phosphoric acid groups is 1. The van der Waals surface area contributed by atoms with E-state index in [0.717, 1.165) is 57.8 Å². The largest absolute Gasteiger partial charge is 0.472 e. The second kappa shape index (κ2) is 31.8. The van der Waals surface area contributed by atoms with Crippen LogP contribution in [0, 0.1) is 5.92 Å². The van der Waals surface area contributed by atoms with Gasteiger partial charge < -0.3 is 18.9 Å². The Morgan fingerprint density at radius 3 is 1.54 bits per heavy atom. The van der Waals surface area contributed by atoms with Gasteiger partial charge in [-0.2, -0.15) is 0 Å². The van der Waals surface area contributed by atoms with Gasteiger partial charge in [-0.3, -0.25) is 18.6 Å². The Morgan fingerprint density at radius 1 is 0.648 bits per heavy atom. The van der Waals surface area contributed by atoms with Crippen molar-refractivity contribution in [2.75, 3.05) is 47.5 Å². The zero-order valence-corrected chi connectivity index (χ0v) is 36.7. The quantitative estimate of drug-likeness (QED) is 0.0216. The summed E-state index contributed by atoms with van der Waals surface area (Å²) in [5, 5.41) is 0. The highest BCUT2D eigenvalue weighted by atomic mass is 31.2. The molecule has 0 aromatic heterocycles. The number of allylic oxidation sites excluding steroid dienone is 2. The molecule has 0 bridgehead atoms. The normalized spacial score (nSPS) is 18.2. The standard InChI is InChI=1S/C44H84NO8P/c1-6-8-10-12-14-16-18-20-21-23-25-27-29-31-33-35-43(47)53-44(40-52-54(48,49)51-37-36-45(3,4)5)38-41(44)39-50-42(46)34-32-30-28-26-24-22-19-17-15-13-11-9-7-2/h20-21,41H,6-19,22-40H2,1-5H3/p+1/b21-20-/t41?,44-/m0/s1. The maximum absolute atomic E-state index is 12.9. The van der Waals surface area contributed by atoms with Crippen molar-refractivity contribution in [1.29, 1.82) is 0 Å². The highest BCUT2D eigenvalue weighted by Crippen LogP contribution is 2.52. The number of nitrogens with zero attached hydrogens (tertiary/aromatic N) is 1. The minimum Gasteiger partial charge on any atom is -0.465 e. The Bertz CT molecular complexity index is 1020. The lowest BCUT2D eigenvalue weighted by Gasteiger charge is -2.24. The van der Waals surface area contributed by atoms with Gasteiger partial charge in [0, 0.05) is 18.8 Å². The summed E-state index contributed by atoms with van der Waals surface area (Å²) in [5.41, 5.74) is -1.09. The van der Waals surface area contributed by atoms with Crippen molar-refractivity contribution in [2.24, 2.45) is 5.92 Å². The van der Waals surface area contributed by atoms with Gasteiger partial charge in [-0.25, -0.2) is 4.57 Å². The fourth-order valence-corrected chi connectivity index (χ4v) is 7.50. The second-order valence-corrected chi connectivity index (χ2v) is 18.5. The van der Waals surface area contributed by atoms with Crippen LogP contribution in [-0.4, -0.2) is 74.4 Å². The predicted octanol–water partition coefficient (Wildman–Crippen LogP) is 12.2. The molecule has 0 saturated heterocycles. The fraction of sp³-hybridized carbons (Fsp3) is 0.909. The number of esters is 2. The van der Waals surface area contributed by atoms with Crippen LogP contribution in [-0.2, 0) is 32.7 Å². The van der Waals surface area contributed by atoms with E-state index in [-0.39, 0.29) is 44.1 Å². The molecule has 0 spiro atoms. The molecule has 1 N–H and O–H groups in total. The summed E-state index contributed by atoms with van der Waals surface area (Å²) in [6, 6.07) is 0. The lowest BCUT2D eigenvalue weighted by Crippen LogP contribution is -2.37. The van der Waals surface area contributed by atoms with Crippen LogP contribution in [0.3, 0.4) is 0 Å². The summed E-state index contributed by atoms with van der Waals surface area (Å²) in [6.45, 7) is 4.92. The molecule has 0 heterocycles. The lowest BCUT2D eigenvalue weighted by atomic mass is 10.0. The summed E-state index contributed by atoms with van der Waals surface area (Å²) in [7, 11) is 1.54. The van der Waals surface area contributed by atoms with Crippen LogP contribution < -0.4 is 0 Å². The third-order valence-electron chi connectivity index (χ3n) is 10.6. The molecule has 1 saturated carbocycles. The zero-order valence-electron chi connectivity index (χ0n) is 35.8. The molecule has 2 unspecified atom stereocenters. The Kier molecular flexibility index (Phi) is 29.9. The van der Waals surface area contributed by atoms with E-state index in [0.29, 0.717) is 23.9 Å². The van der Waals surface area contributed by atoms with E-state index in [4.69, 9.17) is 18.5 Å². The van der Waals surface area contributed by atoms with Gasteiger partial charge in [0.25, 0.3) is 0 Å². The zero-order chi connectivity index (χ0) is 39.8. The van der Waals surface area contributed by atoms with Crippen molar-refractivity contribution in [3.8, 4) is 0 Å². The van der Waals surface area contributed by atoms with E-state index in [9.17, 15) is 19.0 Å². The highest BCUT2D eigenvalue weighted by Gasteiger charge is 2.59. The summed E-state index contributed by atoms with van der Waals surface area (Å²) in [4.78, 5) is 35.8. The molecule has 318 valence electrons. The van der Waals surface area contributed by atoms with Crippen LogP contribution in [0.5, 0.6) is 0 Å². The molecule has 0 radical (unpaired) electrons. The van der Waals surface area contributed by atoms with Gasteiger partial charge in [0.05, 0.1) is 34.4 Å². The topological polar surface area (TPSA) is 108 Å². The van der Waals surface area contributed by atoms with Gasteiger partial charge in [0.2, 0.25) is 0 Å². The SMILES string of the molecule is CCCCCCCC/C=C\CCCCCCCC(=O)O[C@]1(COP(=O)(O)OCC[N+](C)(C)C)CC1COC(=O)CCCCCCCCCCCCCCC. The molecule has 0 amide bonds. The second-order valence-electron chi connectivity index (χ2n) is 17.0. The minimum absolute atomic E-state index is 0.0553. The predicted molar refractivity (Wildman–Crippen MR) is 222 cm³/mol. The third-order valence-corrected chi connectivity index (χ3v) is 11.5. The van der Waals surface area contributed by atoms with Crippen LogP contribution in [0.2, 0.25) is 0 Å². The molecule has 1 fully saturated rings. The van der Waals surface area contributed by atoms with E-state index in [1.807, 2.05) is 21.1 Å². The Hall–Kier alpha value is -1.25. The van der Waals surface area contributed by atoms with Gasteiger partial charge >= 0.3 is 19.8 Å². The molecular formula is C44H85NO8P+. The average molecular weight is 787 g/mol. The van der Waals surface area contributed by atoms with Crippen molar-refractivity contribution in [2.45, 2.75) is 206 Å². The monoisotopic (exact) mass is 787 g/mol. The van der Waals surface area contributed by atoms with E-state index < -0.39 is 13.4 Å². The molecule has 0 aliphatic heterocycles. The number of unbranched alkanes of at least 4 members (excludes halogenated alkanes) is 23. The Labute approximate surface area is 332 Å². The van der Waals surface area contributed by atoms with Gasteiger partial charge in [-0.15, -0.1) is 0 Å². The number of phosphoric ester groups is 1. The third kappa shape index (κ3) is 30.0. The number of likely N-dealkylation sites (N-methyl/N-ethyl adjacent to an activating group) is 1. The van der Waals surface area contributed by atoms with E-state index in [1.165, 1.54) is 109 Å². The van der Waals surface area contributed by atoms with Gasteiger partial charge in [-0.05, 0) is 44.9 Å². The molecule has 0 aromatic rings. The number of carbonyl (C=O) groups is 2. The first-order valence-corrected chi connectivity index (χ1v) is 23.9. The number of rotatable bonds is 39. The maximum Gasteiger partial charge on any atom is 0.472 e. The van der Waals surface area contributed by atoms with Crippen molar-refractivity contribution in [1.82, 2.24) is 0 Å². The van der Waals surface area contributed by atoms with Crippen LogP contribution in [0.4, 0.5) is 0 Å². The van der Waals surface area contributed by atoms with Crippen LogP contribution in [0.1, 0.15) is 200 Å². The van der Waals surface area contributed by atoms with Crippen LogP contribution in [0.15, 0.2) is 12.2 Å². The molecule has 1 aliphatic rings.